The van der Waals surface area contributed by atoms with Crippen LogP contribution in [0.15, 0.2) is 66.0 Å². The molecule has 37 heavy (non-hydrogen) atoms. The summed E-state index contributed by atoms with van der Waals surface area (Å²) in [6.07, 6.45) is 3.16. The lowest BCUT2D eigenvalue weighted by Crippen LogP contribution is -2.31. The third-order valence-electron chi connectivity index (χ3n) is 5.52. The van der Waals surface area contributed by atoms with Crippen LogP contribution in [-0.2, 0) is 10.0 Å². The number of amides is 1. The number of ether oxygens (including phenoxy) is 2. The molecular weight excluding hydrogens is 492 g/mol. The molecule has 0 radical (unpaired) electrons. The Morgan fingerprint density at radius 3 is 2.32 bits per heavy atom. The van der Waals surface area contributed by atoms with Gasteiger partial charge >= 0.3 is 0 Å². The van der Waals surface area contributed by atoms with Gasteiger partial charge in [-0.1, -0.05) is 23.8 Å². The Bertz CT molecular complexity index is 1580. The maximum absolute atomic E-state index is 13.2. The summed E-state index contributed by atoms with van der Waals surface area (Å²) in [7, 11) is -2.70. The minimum atomic E-state index is -4.23. The van der Waals surface area contributed by atoms with Crippen LogP contribution in [0.2, 0.25) is 0 Å². The molecule has 1 N–H and O–H groups in total. The molecule has 3 aromatic heterocycles. The summed E-state index contributed by atoms with van der Waals surface area (Å²) in [5.41, 5.74) is 4.28. The summed E-state index contributed by atoms with van der Waals surface area (Å²) in [5.74, 6) is 0.102. The molecule has 0 atom stereocenters. The van der Waals surface area contributed by atoms with Gasteiger partial charge in [0.1, 0.15) is 17.1 Å². The number of sulfonamides is 1. The van der Waals surface area contributed by atoms with Gasteiger partial charge in [-0.15, -0.1) is 0 Å². The molecule has 1 amide bonds. The fourth-order valence-corrected chi connectivity index (χ4v) is 4.82. The average Bonchev–Trinajstić information content (AvgIpc) is 2.86. The highest BCUT2D eigenvalue weighted by Crippen LogP contribution is 2.33. The number of pyridine rings is 3. The van der Waals surface area contributed by atoms with Crippen molar-refractivity contribution in [3.05, 3.63) is 88.9 Å². The van der Waals surface area contributed by atoms with Crippen molar-refractivity contribution >= 4 is 15.9 Å². The van der Waals surface area contributed by atoms with Crippen molar-refractivity contribution < 1.29 is 22.7 Å². The zero-order chi connectivity index (χ0) is 26.7. The third kappa shape index (κ3) is 5.75. The number of rotatable bonds is 7. The molecule has 1 aromatic carbocycles. The van der Waals surface area contributed by atoms with Crippen LogP contribution in [0.3, 0.4) is 0 Å². The Morgan fingerprint density at radius 1 is 0.919 bits per heavy atom. The lowest BCUT2D eigenvalue weighted by atomic mass is 10.1. The molecule has 4 rings (SSSR count). The number of nitrogens with zero attached hydrogens (tertiary/aromatic N) is 3. The molecule has 10 heteroatoms. The molecule has 190 valence electrons. The maximum Gasteiger partial charge on any atom is 0.281 e. The van der Waals surface area contributed by atoms with Crippen molar-refractivity contribution in [1.29, 1.82) is 0 Å². The van der Waals surface area contributed by atoms with E-state index in [1.807, 2.05) is 32.9 Å². The highest BCUT2D eigenvalue weighted by molar-refractivity contribution is 7.90. The van der Waals surface area contributed by atoms with Crippen molar-refractivity contribution in [2.24, 2.45) is 0 Å². The molecule has 3 heterocycles. The largest absolute Gasteiger partial charge is 0.495 e. The zero-order valence-electron chi connectivity index (χ0n) is 21.1. The summed E-state index contributed by atoms with van der Waals surface area (Å²) in [4.78, 5) is 26.0. The number of aromatic nitrogens is 3. The molecule has 0 bridgehead atoms. The van der Waals surface area contributed by atoms with Gasteiger partial charge in [0.05, 0.1) is 19.0 Å². The topological polar surface area (TPSA) is 120 Å². The molecule has 4 aromatic rings. The van der Waals surface area contributed by atoms with Crippen LogP contribution in [0.5, 0.6) is 17.4 Å². The number of hydrogen-bond acceptors (Lipinski definition) is 8. The molecule has 9 nitrogen and oxygen atoms in total. The summed E-state index contributed by atoms with van der Waals surface area (Å²) in [6.45, 7) is 7.41. The zero-order valence-corrected chi connectivity index (χ0v) is 21.9. The summed E-state index contributed by atoms with van der Waals surface area (Å²) < 4.78 is 39.2. The van der Waals surface area contributed by atoms with E-state index < -0.39 is 15.9 Å². The van der Waals surface area contributed by atoms with Crippen LogP contribution in [0.4, 0.5) is 0 Å². The van der Waals surface area contributed by atoms with Gasteiger partial charge in [0.15, 0.2) is 5.03 Å². The number of hydrogen-bond donors (Lipinski definition) is 1. The van der Waals surface area contributed by atoms with Gasteiger partial charge in [-0.2, -0.15) is 8.42 Å². The second-order valence-electron chi connectivity index (χ2n) is 8.54. The van der Waals surface area contributed by atoms with Crippen LogP contribution in [0.25, 0.3) is 11.3 Å². The van der Waals surface area contributed by atoms with Gasteiger partial charge in [0.2, 0.25) is 5.88 Å². The number of benzene rings is 1. The monoisotopic (exact) mass is 518 g/mol. The minimum Gasteiger partial charge on any atom is -0.495 e. The number of nitrogens with one attached hydrogen (secondary N) is 1. The predicted octanol–water partition coefficient (Wildman–Crippen LogP) is 4.69. The van der Waals surface area contributed by atoms with Crippen LogP contribution < -0.4 is 14.2 Å². The quantitative estimate of drug-likeness (QED) is 0.374. The first-order valence-corrected chi connectivity index (χ1v) is 12.8. The van der Waals surface area contributed by atoms with Gasteiger partial charge in [-0.25, -0.2) is 14.7 Å². The average molecular weight is 519 g/mol. The molecule has 0 aliphatic rings. The summed E-state index contributed by atoms with van der Waals surface area (Å²) >= 11 is 0. The summed E-state index contributed by atoms with van der Waals surface area (Å²) in [5, 5.41) is -0.263. The van der Waals surface area contributed by atoms with Crippen molar-refractivity contribution in [3.8, 4) is 28.6 Å². The first-order chi connectivity index (χ1) is 17.6. The second kappa shape index (κ2) is 10.4. The Morgan fingerprint density at radius 2 is 1.65 bits per heavy atom. The van der Waals surface area contributed by atoms with E-state index in [1.165, 1.54) is 19.2 Å². The van der Waals surface area contributed by atoms with E-state index in [-0.39, 0.29) is 16.5 Å². The van der Waals surface area contributed by atoms with E-state index in [4.69, 9.17) is 9.47 Å². The smallest absolute Gasteiger partial charge is 0.281 e. The number of aryl methyl sites for hydroxylation is 4. The van der Waals surface area contributed by atoms with E-state index >= 15 is 0 Å². The van der Waals surface area contributed by atoms with Crippen molar-refractivity contribution in [2.45, 2.75) is 32.7 Å². The molecule has 0 unspecified atom stereocenters. The minimum absolute atomic E-state index is 0.0553. The lowest BCUT2D eigenvalue weighted by molar-refractivity contribution is 0.0978. The lowest BCUT2D eigenvalue weighted by Gasteiger charge is -2.16. The normalized spacial score (nSPS) is 11.2. The maximum atomic E-state index is 13.2. The SMILES string of the molecule is COc1cncc(-c2ccc(C(=O)NS(=O)(=O)c3cccc(C)n3)c(Oc3c(C)cc(C)cc3C)n2)c1. The van der Waals surface area contributed by atoms with Crippen molar-refractivity contribution in [3.63, 3.8) is 0 Å². The van der Waals surface area contributed by atoms with Gasteiger partial charge in [-0.05, 0) is 69.2 Å². The molecule has 0 fully saturated rings. The highest BCUT2D eigenvalue weighted by atomic mass is 32.2. The number of methoxy groups -OCH3 is 1. The number of carbonyl (C=O) groups excluding carboxylic acids is 1. The van der Waals surface area contributed by atoms with Crippen LogP contribution in [0.1, 0.15) is 32.7 Å². The van der Waals surface area contributed by atoms with Gasteiger partial charge in [0.25, 0.3) is 15.9 Å². The first-order valence-electron chi connectivity index (χ1n) is 11.3. The predicted molar refractivity (Wildman–Crippen MR) is 138 cm³/mol. The van der Waals surface area contributed by atoms with Gasteiger partial charge in [-0.3, -0.25) is 9.78 Å². The fraction of sp³-hybridized carbons (Fsp3) is 0.185. The molecule has 0 saturated carbocycles. The van der Waals surface area contributed by atoms with Crippen LogP contribution >= 0.6 is 0 Å². The Kier molecular flexibility index (Phi) is 7.21. The van der Waals surface area contributed by atoms with E-state index in [2.05, 4.69) is 19.7 Å². The van der Waals surface area contributed by atoms with E-state index in [0.29, 0.717) is 28.5 Å². The molecular formula is C27H26N4O5S. The second-order valence-corrected chi connectivity index (χ2v) is 10.2. The molecule has 0 spiro atoms. The molecule has 0 aliphatic heterocycles. The Balaban J connectivity index is 1.78. The van der Waals surface area contributed by atoms with Crippen molar-refractivity contribution in [1.82, 2.24) is 19.7 Å². The highest BCUT2D eigenvalue weighted by Gasteiger charge is 2.25. The van der Waals surface area contributed by atoms with E-state index in [1.54, 1.807) is 43.6 Å². The van der Waals surface area contributed by atoms with E-state index in [9.17, 15) is 13.2 Å². The molecule has 0 aliphatic carbocycles. The van der Waals surface area contributed by atoms with E-state index in [0.717, 1.165) is 16.7 Å². The fourth-order valence-electron chi connectivity index (χ4n) is 3.84. The standard InChI is InChI=1S/C27H26N4O5S/c1-16-11-17(2)25(18(3)12-16)36-27-22(9-10-23(30-27)20-13-21(35-5)15-28-14-20)26(32)31-37(33,34)24-8-6-7-19(4)29-24/h6-15H,1-5H3,(H,31,32). The van der Waals surface area contributed by atoms with Gasteiger partial charge in [0, 0.05) is 17.5 Å². The van der Waals surface area contributed by atoms with Crippen LogP contribution in [0, 0.1) is 27.7 Å². The van der Waals surface area contributed by atoms with Crippen molar-refractivity contribution in [2.75, 3.05) is 7.11 Å². The van der Waals surface area contributed by atoms with Crippen LogP contribution in [-0.4, -0.2) is 36.4 Å². The third-order valence-corrected chi connectivity index (χ3v) is 6.75. The summed E-state index contributed by atoms with van der Waals surface area (Å²) in [6, 6.07) is 13.2. The number of carbonyl (C=O) groups is 1. The first kappa shape index (κ1) is 25.8. The Hall–Kier alpha value is -4.31. The van der Waals surface area contributed by atoms with Gasteiger partial charge < -0.3 is 9.47 Å². The Labute approximate surface area is 215 Å². The molecule has 0 saturated heterocycles.